The van der Waals surface area contributed by atoms with E-state index < -0.39 is 114 Å². The fourth-order valence-electron chi connectivity index (χ4n) is 5.16. The minimum atomic E-state index is -1.96. The number of aromatic hydroxyl groups is 4. The maximum absolute atomic E-state index is 13.6. The van der Waals surface area contributed by atoms with Crippen molar-refractivity contribution in [1.29, 1.82) is 0 Å². The predicted octanol–water partition coefficient (Wildman–Crippen LogP) is -1.12. The molecular formula is C29H32O17. The van der Waals surface area contributed by atoms with Gasteiger partial charge in [-0.05, 0) is 25.1 Å². The van der Waals surface area contributed by atoms with Crippen LogP contribution in [0.1, 0.15) is 13.8 Å². The van der Waals surface area contributed by atoms with E-state index in [2.05, 4.69) is 0 Å². The molecule has 5 rings (SSSR count). The maximum atomic E-state index is 13.6. The first-order valence-corrected chi connectivity index (χ1v) is 13.9. The summed E-state index contributed by atoms with van der Waals surface area (Å²) in [5, 5.41) is 92.7. The number of aliphatic hydroxyl groups is 5. The molecule has 3 heterocycles. The molecule has 0 unspecified atom stereocenters. The number of benzene rings is 2. The van der Waals surface area contributed by atoms with Gasteiger partial charge in [0.05, 0.1) is 6.10 Å². The van der Waals surface area contributed by atoms with Gasteiger partial charge in [0.15, 0.2) is 23.5 Å². The fraction of sp³-hybridized carbons (Fsp3) is 0.448. The highest BCUT2D eigenvalue weighted by molar-refractivity contribution is 5.88. The second-order valence-corrected chi connectivity index (χ2v) is 10.9. The van der Waals surface area contributed by atoms with Crippen molar-refractivity contribution < 1.29 is 78.9 Å². The Morgan fingerprint density at radius 1 is 0.826 bits per heavy atom. The molecule has 0 saturated carbocycles. The molecule has 0 amide bonds. The van der Waals surface area contributed by atoms with Gasteiger partial charge in [-0.15, -0.1) is 0 Å². The van der Waals surface area contributed by atoms with Gasteiger partial charge in [-0.25, -0.2) is 0 Å². The van der Waals surface area contributed by atoms with E-state index in [0.29, 0.717) is 0 Å². The van der Waals surface area contributed by atoms with Crippen molar-refractivity contribution in [1.82, 2.24) is 0 Å². The van der Waals surface area contributed by atoms with Crippen LogP contribution in [0.2, 0.25) is 0 Å². The van der Waals surface area contributed by atoms with Crippen LogP contribution < -0.4 is 10.2 Å². The molecular weight excluding hydrogens is 620 g/mol. The Bertz CT molecular complexity index is 1650. The highest BCUT2D eigenvalue weighted by Gasteiger charge is 2.50. The van der Waals surface area contributed by atoms with Crippen LogP contribution in [0.15, 0.2) is 39.5 Å². The zero-order valence-corrected chi connectivity index (χ0v) is 24.2. The number of phenols is 4. The molecule has 0 spiro atoms. The highest BCUT2D eigenvalue weighted by Crippen LogP contribution is 2.39. The first-order valence-electron chi connectivity index (χ1n) is 13.9. The summed E-state index contributed by atoms with van der Waals surface area (Å²) in [6.45, 7) is 1.99. The lowest BCUT2D eigenvalue weighted by Crippen LogP contribution is -2.64. The Hall–Kier alpha value is -4.20. The summed E-state index contributed by atoms with van der Waals surface area (Å²) in [7, 11) is 0. The van der Waals surface area contributed by atoms with Crippen molar-refractivity contribution in [2.24, 2.45) is 0 Å². The van der Waals surface area contributed by atoms with Crippen LogP contribution in [-0.2, 0) is 23.7 Å². The molecule has 10 atom stereocenters. The third-order valence-electron chi connectivity index (χ3n) is 7.58. The lowest BCUT2D eigenvalue weighted by atomic mass is 9.97. The smallest absolute Gasteiger partial charge is 0.302 e. The molecule has 3 aromatic rings. The summed E-state index contributed by atoms with van der Waals surface area (Å²) in [5.74, 6) is -3.94. The van der Waals surface area contributed by atoms with E-state index in [1.807, 2.05) is 0 Å². The van der Waals surface area contributed by atoms with Gasteiger partial charge in [0.2, 0.25) is 17.5 Å². The maximum Gasteiger partial charge on any atom is 0.302 e. The normalized spacial score (nSPS) is 31.5. The lowest BCUT2D eigenvalue weighted by Gasteiger charge is -2.45. The van der Waals surface area contributed by atoms with Crippen molar-refractivity contribution in [2.75, 3.05) is 6.61 Å². The van der Waals surface area contributed by atoms with Gasteiger partial charge in [-0.1, -0.05) is 0 Å². The number of ether oxygens (including phenoxy) is 5. The Kier molecular flexibility index (Phi) is 9.30. The molecule has 2 aliphatic rings. The molecule has 0 bridgehead atoms. The zero-order chi connectivity index (χ0) is 33.6. The number of fused-ring (bicyclic) bond motifs is 1. The fourth-order valence-corrected chi connectivity index (χ4v) is 5.16. The van der Waals surface area contributed by atoms with Crippen LogP contribution in [0.3, 0.4) is 0 Å². The quantitative estimate of drug-likeness (QED) is 0.108. The van der Waals surface area contributed by atoms with Crippen LogP contribution in [0.25, 0.3) is 22.3 Å². The van der Waals surface area contributed by atoms with E-state index in [9.17, 15) is 55.5 Å². The summed E-state index contributed by atoms with van der Waals surface area (Å²) in [4.78, 5) is 24.8. The molecule has 2 aromatic carbocycles. The lowest BCUT2D eigenvalue weighted by molar-refractivity contribution is -0.349. The second-order valence-electron chi connectivity index (χ2n) is 10.9. The summed E-state index contributed by atoms with van der Waals surface area (Å²) < 4.78 is 33.2. The minimum Gasteiger partial charge on any atom is -0.508 e. The van der Waals surface area contributed by atoms with Crippen LogP contribution >= 0.6 is 0 Å². The molecule has 2 fully saturated rings. The number of hydrogen-bond acceptors (Lipinski definition) is 17. The first-order chi connectivity index (χ1) is 21.7. The number of carbonyl (C=O) groups excluding carboxylic acids is 1. The van der Waals surface area contributed by atoms with Crippen LogP contribution in [0.5, 0.6) is 28.7 Å². The number of rotatable bonds is 7. The van der Waals surface area contributed by atoms with Crippen molar-refractivity contribution in [2.45, 2.75) is 75.3 Å². The Morgan fingerprint density at radius 3 is 2.20 bits per heavy atom. The van der Waals surface area contributed by atoms with E-state index >= 15 is 0 Å². The summed E-state index contributed by atoms with van der Waals surface area (Å²) >= 11 is 0. The molecule has 2 aliphatic heterocycles. The monoisotopic (exact) mass is 652 g/mol. The summed E-state index contributed by atoms with van der Waals surface area (Å²) in [6, 6.07) is 5.29. The number of aliphatic hydroxyl groups excluding tert-OH is 5. The van der Waals surface area contributed by atoms with Crippen LogP contribution in [0, 0.1) is 0 Å². The molecule has 0 radical (unpaired) electrons. The first kappa shape index (κ1) is 33.2. The van der Waals surface area contributed by atoms with Gasteiger partial charge in [0, 0.05) is 24.6 Å². The molecule has 0 aliphatic carbocycles. The van der Waals surface area contributed by atoms with E-state index in [0.717, 1.165) is 31.2 Å². The van der Waals surface area contributed by atoms with Gasteiger partial charge >= 0.3 is 5.97 Å². The van der Waals surface area contributed by atoms with Crippen molar-refractivity contribution >= 4 is 16.9 Å². The predicted molar refractivity (Wildman–Crippen MR) is 150 cm³/mol. The molecule has 46 heavy (non-hydrogen) atoms. The Morgan fingerprint density at radius 2 is 1.52 bits per heavy atom. The van der Waals surface area contributed by atoms with Crippen molar-refractivity contribution in [3.05, 3.63) is 40.6 Å². The van der Waals surface area contributed by atoms with Crippen LogP contribution in [0.4, 0.5) is 0 Å². The van der Waals surface area contributed by atoms with Crippen molar-refractivity contribution in [3.8, 4) is 40.1 Å². The average Bonchev–Trinajstić information content (AvgIpc) is 2.99. The second kappa shape index (κ2) is 12.9. The van der Waals surface area contributed by atoms with Gasteiger partial charge in [0.1, 0.15) is 71.8 Å². The molecule has 1 aromatic heterocycles. The average molecular weight is 653 g/mol. The standard InChI is InChI=1S/C29H32O17/c1-9-25(45-29-23(39)21(37)19(35)17(44-29)8-41-10(2)30)22(38)24(40)28(42-9)46-27-20(36)18-15(34)6-12(31)7-16(18)43-26(27)11-3-4-13(32)14(33)5-11/h3-7,9,17,19,21-25,28-29,31-35,37-40H,8H2,1-2H3/t9-,17-,19-,21+,22+,23-,24+,25+,28-,29+/m1/s1. The molecule has 9 N–H and O–H groups in total. The van der Waals surface area contributed by atoms with Crippen LogP contribution in [-0.4, -0.2) is 120 Å². The van der Waals surface area contributed by atoms with E-state index in [1.54, 1.807) is 0 Å². The van der Waals surface area contributed by atoms with E-state index in [1.165, 1.54) is 13.0 Å². The van der Waals surface area contributed by atoms with Gasteiger partial charge < -0.3 is 74.1 Å². The summed E-state index contributed by atoms with van der Waals surface area (Å²) in [6.07, 6.45) is -16.6. The topological polar surface area (TPSA) is 275 Å². The molecule has 2 saturated heterocycles. The minimum absolute atomic E-state index is 0.0141. The molecule has 17 heteroatoms. The Balaban J connectivity index is 1.43. The van der Waals surface area contributed by atoms with Gasteiger partial charge in [-0.2, -0.15) is 0 Å². The number of carbonyl (C=O) groups is 1. The van der Waals surface area contributed by atoms with Gasteiger partial charge in [-0.3, -0.25) is 9.59 Å². The summed E-state index contributed by atoms with van der Waals surface area (Å²) in [5.41, 5.74) is -1.29. The number of hydrogen-bond donors (Lipinski definition) is 9. The SMILES string of the molecule is CC(=O)OC[C@H]1O[C@@H](O[C@@H]2[C@@H](O)[C@H](O)[C@@H](Oc3c(-c4ccc(O)c(O)c4)oc4cc(O)cc(O)c4c3=O)O[C@@H]2C)[C@H](O)[C@@H](O)[C@@H]1O. The molecule has 17 nitrogen and oxygen atoms in total. The largest absolute Gasteiger partial charge is 0.508 e. The van der Waals surface area contributed by atoms with Gasteiger partial charge in [0.25, 0.3) is 0 Å². The Labute approximate surface area is 258 Å². The van der Waals surface area contributed by atoms with E-state index in [4.69, 9.17) is 28.1 Å². The third-order valence-corrected chi connectivity index (χ3v) is 7.58. The molecule has 250 valence electrons. The van der Waals surface area contributed by atoms with E-state index in [-0.39, 0.29) is 16.9 Å². The number of phenolic OH excluding ortho intramolecular Hbond substituents is 4. The highest BCUT2D eigenvalue weighted by atomic mass is 16.7. The third kappa shape index (κ3) is 6.26. The van der Waals surface area contributed by atoms with Crippen molar-refractivity contribution in [3.63, 3.8) is 0 Å². The zero-order valence-electron chi connectivity index (χ0n) is 24.2. The number of esters is 1.